The summed E-state index contributed by atoms with van der Waals surface area (Å²) in [6.45, 7) is 3.52. The first-order valence-corrected chi connectivity index (χ1v) is 11.0. The van der Waals surface area contributed by atoms with Gasteiger partial charge in [0.05, 0.1) is 17.1 Å². The highest BCUT2D eigenvalue weighted by molar-refractivity contribution is 5.87. The number of ether oxygens (including phenoxy) is 2. The van der Waals surface area contributed by atoms with E-state index in [9.17, 15) is 4.39 Å². The molecule has 1 fully saturated rings. The number of hydrogen-bond acceptors (Lipinski definition) is 4. The minimum absolute atomic E-state index is 0.0149. The molecular weight excluding hydrogens is 395 g/mol. The second kappa shape index (κ2) is 7.57. The van der Waals surface area contributed by atoms with Gasteiger partial charge in [-0.1, -0.05) is 0 Å². The number of halogens is 1. The van der Waals surface area contributed by atoms with Crippen LogP contribution in [0.15, 0.2) is 42.7 Å². The van der Waals surface area contributed by atoms with Crippen molar-refractivity contribution in [2.24, 2.45) is 5.92 Å². The van der Waals surface area contributed by atoms with Crippen molar-refractivity contribution in [3.63, 3.8) is 0 Å². The van der Waals surface area contributed by atoms with Crippen LogP contribution in [-0.4, -0.2) is 52.4 Å². The Morgan fingerprint density at radius 2 is 1.97 bits per heavy atom. The molecular formula is C24H25FN4O2. The fourth-order valence-corrected chi connectivity index (χ4v) is 4.97. The van der Waals surface area contributed by atoms with Crippen molar-refractivity contribution in [2.45, 2.75) is 25.4 Å². The van der Waals surface area contributed by atoms with Crippen LogP contribution in [0.25, 0.3) is 21.8 Å². The predicted molar refractivity (Wildman–Crippen MR) is 117 cm³/mol. The number of aromatic amines is 2. The summed E-state index contributed by atoms with van der Waals surface area (Å²) in [7, 11) is 0. The fourth-order valence-electron chi connectivity index (χ4n) is 4.97. The van der Waals surface area contributed by atoms with Gasteiger partial charge in [-0.3, -0.25) is 10.00 Å². The average Bonchev–Trinajstić information content (AvgIpc) is 3.42. The highest BCUT2D eigenvalue weighted by Gasteiger charge is 2.28. The molecule has 1 saturated heterocycles. The van der Waals surface area contributed by atoms with E-state index in [2.05, 4.69) is 20.1 Å². The number of benzene rings is 2. The Morgan fingerprint density at radius 3 is 2.87 bits per heavy atom. The van der Waals surface area contributed by atoms with Gasteiger partial charge >= 0.3 is 0 Å². The van der Waals surface area contributed by atoms with Gasteiger partial charge in [0.15, 0.2) is 11.5 Å². The number of hydrogen-bond donors (Lipinski definition) is 2. The molecule has 1 unspecified atom stereocenters. The van der Waals surface area contributed by atoms with Crippen LogP contribution in [0.3, 0.4) is 0 Å². The minimum Gasteiger partial charge on any atom is -0.486 e. The van der Waals surface area contributed by atoms with Crippen LogP contribution in [0.4, 0.5) is 4.39 Å². The maximum absolute atomic E-state index is 13.7. The maximum Gasteiger partial charge on any atom is 0.172 e. The number of nitrogens with zero attached hydrogens (tertiary/aromatic N) is 2. The molecule has 1 atom stereocenters. The van der Waals surface area contributed by atoms with Crippen molar-refractivity contribution < 1.29 is 13.9 Å². The molecule has 31 heavy (non-hydrogen) atoms. The Labute approximate surface area is 179 Å². The summed E-state index contributed by atoms with van der Waals surface area (Å²) in [5, 5.41) is 9.08. The molecule has 2 aromatic carbocycles. The van der Waals surface area contributed by atoms with Gasteiger partial charge in [-0.15, -0.1) is 0 Å². The Morgan fingerprint density at radius 1 is 1.10 bits per heavy atom. The molecule has 0 spiro atoms. The van der Waals surface area contributed by atoms with Crippen LogP contribution < -0.4 is 9.47 Å². The lowest BCUT2D eigenvalue weighted by Gasteiger charge is -2.35. The van der Waals surface area contributed by atoms with Crippen molar-refractivity contribution in [2.75, 3.05) is 26.2 Å². The van der Waals surface area contributed by atoms with Gasteiger partial charge in [-0.2, -0.15) is 5.10 Å². The first kappa shape index (κ1) is 18.7. The number of fused-ring (bicyclic) bond motifs is 4. The molecule has 2 N–H and O–H groups in total. The molecule has 0 radical (unpaired) electrons. The van der Waals surface area contributed by atoms with Crippen molar-refractivity contribution in [3.8, 4) is 11.5 Å². The van der Waals surface area contributed by atoms with Gasteiger partial charge in [0.25, 0.3) is 0 Å². The molecule has 2 aromatic heterocycles. The average molecular weight is 420 g/mol. The first-order valence-electron chi connectivity index (χ1n) is 11.0. The highest BCUT2D eigenvalue weighted by atomic mass is 19.1. The van der Waals surface area contributed by atoms with E-state index in [0.29, 0.717) is 12.5 Å². The molecule has 160 valence electrons. The van der Waals surface area contributed by atoms with E-state index in [1.165, 1.54) is 11.6 Å². The normalized spacial score (nSPS) is 20.0. The number of piperidine rings is 1. The van der Waals surface area contributed by atoms with E-state index in [0.717, 1.165) is 72.2 Å². The summed E-state index contributed by atoms with van der Waals surface area (Å²) in [5.41, 5.74) is 3.19. The highest BCUT2D eigenvalue weighted by Crippen LogP contribution is 2.38. The molecule has 6 rings (SSSR count). The summed E-state index contributed by atoms with van der Waals surface area (Å²) in [4.78, 5) is 5.74. The van der Waals surface area contributed by atoms with E-state index in [1.807, 2.05) is 24.4 Å². The standard InChI is InChI=1S/C24H25FN4O2/c25-17-1-2-21-19(10-17)16(11-26-21)9-15-5-7-29(8-6-15)13-18-14-30-23-4-3-22-20(12-27-28-22)24(23)31-18/h1-4,10-12,15,18,26H,5-9,13-14H2,(H,27,28). The second-order valence-corrected chi connectivity index (χ2v) is 8.73. The predicted octanol–water partition coefficient (Wildman–Crippen LogP) is 4.28. The van der Waals surface area contributed by atoms with Gasteiger partial charge in [0.1, 0.15) is 18.5 Å². The van der Waals surface area contributed by atoms with Crippen LogP contribution in [0.1, 0.15) is 18.4 Å². The molecule has 0 saturated carbocycles. The minimum atomic E-state index is -0.174. The third-order valence-corrected chi connectivity index (χ3v) is 6.65. The van der Waals surface area contributed by atoms with Crippen molar-refractivity contribution in [1.29, 1.82) is 0 Å². The Kier molecular flexibility index (Phi) is 4.56. The molecule has 7 heteroatoms. The van der Waals surface area contributed by atoms with Gasteiger partial charge in [0, 0.05) is 23.6 Å². The van der Waals surface area contributed by atoms with E-state index in [-0.39, 0.29) is 11.9 Å². The Balaban J connectivity index is 1.07. The van der Waals surface area contributed by atoms with E-state index >= 15 is 0 Å². The SMILES string of the molecule is Fc1ccc2[nH]cc(CC3CCN(CC4COc5ccc6[nH]ncc6c5O4)CC3)c2c1. The van der Waals surface area contributed by atoms with Crippen molar-refractivity contribution in [3.05, 3.63) is 54.1 Å². The Bertz CT molecular complexity index is 1230. The molecule has 2 aliphatic heterocycles. The molecule has 2 aliphatic rings. The van der Waals surface area contributed by atoms with Crippen LogP contribution in [-0.2, 0) is 6.42 Å². The lowest BCUT2D eigenvalue weighted by molar-refractivity contribution is 0.0492. The van der Waals surface area contributed by atoms with E-state index < -0.39 is 0 Å². The number of likely N-dealkylation sites (tertiary alicyclic amines) is 1. The first-order chi connectivity index (χ1) is 15.2. The Hall–Kier alpha value is -3.06. The van der Waals surface area contributed by atoms with Crippen LogP contribution >= 0.6 is 0 Å². The van der Waals surface area contributed by atoms with Crippen molar-refractivity contribution in [1.82, 2.24) is 20.1 Å². The quantitative estimate of drug-likeness (QED) is 0.517. The third-order valence-electron chi connectivity index (χ3n) is 6.65. The fraction of sp³-hybridized carbons (Fsp3) is 0.375. The maximum atomic E-state index is 13.7. The second-order valence-electron chi connectivity index (χ2n) is 8.73. The van der Waals surface area contributed by atoms with Crippen LogP contribution in [0.2, 0.25) is 0 Å². The summed E-state index contributed by atoms with van der Waals surface area (Å²) in [6.07, 6.45) is 7.11. The molecule has 4 heterocycles. The van der Waals surface area contributed by atoms with E-state index in [1.54, 1.807) is 12.3 Å². The van der Waals surface area contributed by atoms with Crippen LogP contribution in [0.5, 0.6) is 11.5 Å². The smallest absolute Gasteiger partial charge is 0.172 e. The molecule has 0 amide bonds. The lowest BCUT2D eigenvalue weighted by atomic mass is 9.90. The lowest BCUT2D eigenvalue weighted by Crippen LogP contribution is -2.44. The monoisotopic (exact) mass is 420 g/mol. The van der Waals surface area contributed by atoms with E-state index in [4.69, 9.17) is 9.47 Å². The molecule has 4 aromatic rings. The largest absolute Gasteiger partial charge is 0.486 e. The number of rotatable bonds is 4. The molecule has 6 nitrogen and oxygen atoms in total. The number of aromatic nitrogens is 3. The zero-order valence-electron chi connectivity index (χ0n) is 17.2. The summed E-state index contributed by atoms with van der Waals surface area (Å²) >= 11 is 0. The van der Waals surface area contributed by atoms with Crippen LogP contribution in [0, 0.1) is 11.7 Å². The topological polar surface area (TPSA) is 66.2 Å². The zero-order chi connectivity index (χ0) is 20.8. The van der Waals surface area contributed by atoms with Gasteiger partial charge in [-0.05, 0) is 74.2 Å². The van der Waals surface area contributed by atoms with Gasteiger partial charge in [-0.25, -0.2) is 4.39 Å². The molecule has 0 aliphatic carbocycles. The van der Waals surface area contributed by atoms with Gasteiger partial charge in [0.2, 0.25) is 0 Å². The van der Waals surface area contributed by atoms with Gasteiger partial charge < -0.3 is 14.5 Å². The summed E-state index contributed by atoms with van der Waals surface area (Å²) in [5.74, 6) is 2.03. The zero-order valence-corrected chi connectivity index (χ0v) is 17.2. The molecule has 0 bridgehead atoms. The third kappa shape index (κ3) is 3.53. The number of H-pyrrole nitrogens is 2. The summed E-state index contributed by atoms with van der Waals surface area (Å²) in [6, 6.07) is 8.88. The van der Waals surface area contributed by atoms with Crippen molar-refractivity contribution >= 4 is 21.8 Å². The summed E-state index contributed by atoms with van der Waals surface area (Å²) < 4.78 is 25.9. The number of nitrogens with one attached hydrogen (secondary N) is 2.